The number of halogens is 3. The van der Waals surface area contributed by atoms with Gasteiger partial charge in [0.1, 0.15) is 0 Å². The van der Waals surface area contributed by atoms with Crippen LogP contribution in [-0.2, 0) is 0 Å². The molecule has 0 saturated carbocycles. The summed E-state index contributed by atoms with van der Waals surface area (Å²) in [4.78, 5) is 12.1. The van der Waals surface area contributed by atoms with Gasteiger partial charge in [-0.15, -0.1) is 0 Å². The van der Waals surface area contributed by atoms with E-state index in [9.17, 15) is 4.79 Å². The molecule has 1 amide bonds. The molecule has 0 radical (unpaired) electrons. The topological polar surface area (TPSA) is 55.1 Å². The molecule has 2 rings (SSSR count). The lowest BCUT2D eigenvalue weighted by atomic mass is 10.2. The molecule has 3 N–H and O–H groups in total. The summed E-state index contributed by atoms with van der Waals surface area (Å²) in [5.74, 6) is -0.367. The van der Waals surface area contributed by atoms with Gasteiger partial charge in [-0.3, -0.25) is 4.79 Å². The molecule has 0 unspecified atom stereocenters. The smallest absolute Gasteiger partial charge is 0.257 e. The molecule has 0 spiro atoms. The quantitative estimate of drug-likeness (QED) is 0.803. The van der Waals surface area contributed by atoms with Gasteiger partial charge in [-0.2, -0.15) is 0 Å². The summed E-state index contributed by atoms with van der Waals surface area (Å²) in [5.41, 5.74) is 6.86. The standard InChI is InChI=1S/C13H9Cl3N2O/c14-9-3-1-2-8(12(9)16)13(19)18-7-4-5-11(17)10(15)6-7/h1-6H,17H2,(H,18,19). The van der Waals surface area contributed by atoms with Crippen molar-refractivity contribution in [3.05, 3.63) is 57.0 Å². The highest BCUT2D eigenvalue weighted by molar-refractivity contribution is 6.44. The number of hydrogen-bond acceptors (Lipinski definition) is 2. The molecule has 0 heterocycles. The van der Waals surface area contributed by atoms with Crippen molar-refractivity contribution in [1.82, 2.24) is 0 Å². The Morgan fingerprint density at radius 3 is 2.47 bits per heavy atom. The van der Waals surface area contributed by atoms with Crippen LogP contribution in [0.1, 0.15) is 10.4 Å². The summed E-state index contributed by atoms with van der Waals surface area (Å²) in [7, 11) is 0. The molecule has 0 fully saturated rings. The van der Waals surface area contributed by atoms with E-state index in [4.69, 9.17) is 40.5 Å². The third-order valence-corrected chi connectivity index (χ3v) is 3.60. The second-order valence-corrected chi connectivity index (χ2v) is 4.98. The van der Waals surface area contributed by atoms with Crippen molar-refractivity contribution in [3.8, 4) is 0 Å². The minimum Gasteiger partial charge on any atom is -0.398 e. The Bertz CT molecular complexity index is 644. The van der Waals surface area contributed by atoms with E-state index in [1.807, 2.05) is 0 Å². The van der Waals surface area contributed by atoms with E-state index in [-0.39, 0.29) is 10.9 Å². The number of anilines is 2. The summed E-state index contributed by atoms with van der Waals surface area (Å²) in [6, 6.07) is 9.67. The predicted molar refractivity (Wildman–Crippen MR) is 80.3 cm³/mol. The molecule has 2 aromatic rings. The van der Waals surface area contributed by atoms with Crippen LogP contribution in [-0.4, -0.2) is 5.91 Å². The van der Waals surface area contributed by atoms with Gasteiger partial charge in [-0.25, -0.2) is 0 Å². The molecule has 6 heteroatoms. The monoisotopic (exact) mass is 314 g/mol. The Morgan fingerprint density at radius 1 is 1.05 bits per heavy atom. The van der Waals surface area contributed by atoms with Gasteiger partial charge in [0.15, 0.2) is 0 Å². The van der Waals surface area contributed by atoms with Gasteiger partial charge in [0.05, 0.1) is 26.3 Å². The molecule has 0 aliphatic rings. The van der Waals surface area contributed by atoms with E-state index in [1.54, 1.807) is 36.4 Å². The summed E-state index contributed by atoms with van der Waals surface area (Å²) in [6.07, 6.45) is 0. The third-order valence-electron chi connectivity index (χ3n) is 2.45. The van der Waals surface area contributed by atoms with E-state index in [0.29, 0.717) is 27.0 Å². The molecular formula is C13H9Cl3N2O. The Hall–Kier alpha value is -1.42. The van der Waals surface area contributed by atoms with Gasteiger partial charge >= 0.3 is 0 Å². The van der Waals surface area contributed by atoms with Crippen molar-refractivity contribution in [2.45, 2.75) is 0 Å². The van der Waals surface area contributed by atoms with Crippen LogP contribution in [0.5, 0.6) is 0 Å². The molecule has 0 bridgehead atoms. The van der Waals surface area contributed by atoms with E-state index < -0.39 is 0 Å². The van der Waals surface area contributed by atoms with Crippen molar-refractivity contribution in [1.29, 1.82) is 0 Å². The Labute approximate surface area is 125 Å². The molecular weight excluding hydrogens is 307 g/mol. The predicted octanol–water partition coefficient (Wildman–Crippen LogP) is 4.48. The number of carbonyl (C=O) groups is 1. The Balaban J connectivity index is 2.26. The minimum absolute atomic E-state index is 0.211. The van der Waals surface area contributed by atoms with Crippen LogP contribution in [0, 0.1) is 0 Å². The van der Waals surface area contributed by atoms with Gasteiger partial charge in [-0.05, 0) is 30.3 Å². The van der Waals surface area contributed by atoms with E-state index in [0.717, 1.165) is 0 Å². The highest BCUT2D eigenvalue weighted by atomic mass is 35.5. The average molecular weight is 316 g/mol. The fraction of sp³-hybridized carbons (Fsp3) is 0. The number of amides is 1. The van der Waals surface area contributed by atoms with Crippen molar-refractivity contribution in [2.24, 2.45) is 0 Å². The Kier molecular flexibility index (Phi) is 4.20. The van der Waals surface area contributed by atoms with Gasteiger partial charge in [-0.1, -0.05) is 40.9 Å². The van der Waals surface area contributed by atoms with Crippen LogP contribution >= 0.6 is 34.8 Å². The molecule has 3 nitrogen and oxygen atoms in total. The number of hydrogen-bond donors (Lipinski definition) is 2. The zero-order valence-corrected chi connectivity index (χ0v) is 11.9. The second kappa shape index (κ2) is 5.70. The van der Waals surface area contributed by atoms with Gasteiger partial charge in [0.2, 0.25) is 0 Å². The molecule has 0 aromatic heterocycles. The first-order valence-corrected chi connectivity index (χ1v) is 6.43. The summed E-state index contributed by atoms with van der Waals surface area (Å²) < 4.78 is 0. The van der Waals surface area contributed by atoms with Crippen LogP contribution in [0.15, 0.2) is 36.4 Å². The molecule has 19 heavy (non-hydrogen) atoms. The van der Waals surface area contributed by atoms with Crippen molar-refractivity contribution >= 4 is 52.1 Å². The lowest BCUT2D eigenvalue weighted by Gasteiger charge is -2.08. The highest BCUT2D eigenvalue weighted by Gasteiger charge is 2.13. The number of nitrogens with two attached hydrogens (primary N) is 1. The first-order chi connectivity index (χ1) is 8.99. The second-order valence-electron chi connectivity index (χ2n) is 3.79. The number of benzene rings is 2. The maximum Gasteiger partial charge on any atom is 0.257 e. The van der Waals surface area contributed by atoms with Crippen LogP contribution in [0.4, 0.5) is 11.4 Å². The Morgan fingerprint density at radius 2 is 1.79 bits per heavy atom. The van der Waals surface area contributed by atoms with E-state index in [2.05, 4.69) is 5.32 Å². The number of carbonyl (C=O) groups excluding carboxylic acids is 1. The highest BCUT2D eigenvalue weighted by Crippen LogP contribution is 2.27. The first-order valence-electron chi connectivity index (χ1n) is 5.29. The zero-order chi connectivity index (χ0) is 14.0. The van der Waals surface area contributed by atoms with Crippen molar-refractivity contribution < 1.29 is 4.79 Å². The molecule has 0 aliphatic carbocycles. The fourth-order valence-corrected chi connectivity index (χ4v) is 2.05. The molecule has 0 aliphatic heterocycles. The maximum absolute atomic E-state index is 12.1. The summed E-state index contributed by atoms with van der Waals surface area (Å²) >= 11 is 17.7. The lowest BCUT2D eigenvalue weighted by Crippen LogP contribution is -2.12. The average Bonchev–Trinajstić information content (AvgIpc) is 2.37. The van der Waals surface area contributed by atoms with Crippen molar-refractivity contribution in [2.75, 3.05) is 11.1 Å². The SMILES string of the molecule is Nc1ccc(NC(=O)c2cccc(Cl)c2Cl)cc1Cl. The van der Waals surface area contributed by atoms with Gasteiger partial charge in [0, 0.05) is 5.69 Å². The van der Waals surface area contributed by atoms with E-state index >= 15 is 0 Å². The maximum atomic E-state index is 12.1. The van der Waals surface area contributed by atoms with Crippen LogP contribution in [0.2, 0.25) is 15.1 Å². The summed E-state index contributed by atoms with van der Waals surface area (Å²) in [6.45, 7) is 0. The third kappa shape index (κ3) is 3.13. The van der Waals surface area contributed by atoms with Crippen LogP contribution in [0.25, 0.3) is 0 Å². The number of nitrogens with one attached hydrogen (secondary N) is 1. The molecule has 0 atom stereocenters. The number of rotatable bonds is 2. The fourth-order valence-electron chi connectivity index (χ4n) is 1.48. The first kappa shape index (κ1) is 14.0. The van der Waals surface area contributed by atoms with Gasteiger partial charge in [0.25, 0.3) is 5.91 Å². The largest absolute Gasteiger partial charge is 0.398 e. The number of nitrogen functional groups attached to an aromatic ring is 1. The van der Waals surface area contributed by atoms with Gasteiger partial charge < -0.3 is 11.1 Å². The zero-order valence-electron chi connectivity index (χ0n) is 9.58. The summed E-state index contributed by atoms with van der Waals surface area (Å²) in [5, 5.41) is 3.58. The molecule has 0 saturated heterocycles. The van der Waals surface area contributed by atoms with Crippen LogP contribution < -0.4 is 11.1 Å². The van der Waals surface area contributed by atoms with E-state index in [1.165, 1.54) is 0 Å². The van der Waals surface area contributed by atoms with Crippen LogP contribution in [0.3, 0.4) is 0 Å². The molecule has 98 valence electrons. The van der Waals surface area contributed by atoms with Crippen molar-refractivity contribution in [3.63, 3.8) is 0 Å². The normalized spacial score (nSPS) is 10.3. The minimum atomic E-state index is -0.367. The molecule has 2 aromatic carbocycles. The lowest BCUT2D eigenvalue weighted by molar-refractivity contribution is 0.102.